The summed E-state index contributed by atoms with van der Waals surface area (Å²) in [6.45, 7) is 2.47. The van der Waals surface area contributed by atoms with Gasteiger partial charge in [-0.1, -0.05) is 0 Å². The highest BCUT2D eigenvalue weighted by atomic mass is 16.1. The number of rotatable bonds is 3. The average Bonchev–Trinajstić information content (AvgIpc) is 2.56. The van der Waals surface area contributed by atoms with Crippen molar-refractivity contribution in [3.8, 4) is 12.3 Å². The fourth-order valence-electron chi connectivity index (χ4n) is 0.944. The summed E-state index contributed by atoms with van der Waals surface area (Å²) in [6.07, 6.45) is 8.06. The normalized spacial score (nSPS) is 11.7. The molecule has 1 unspecified atom stereocenters. The maximum Gasteiger partial charge on any atom is 0.295 e. The first kappa shape index (κ1) is 9.26. The van der Waals surface area contributed by atoms with E-state index in [2.05, 4.69) is 15.5 Å². The van der Waals surface area contributed by atoms with Gasteiger partial charge in [0.1, 0.15) is 12.7 Å². The van der Waals surface area contributed by atoms with Gasteiger partial charge in [0.25, 0.3) is 5.91 Å². The quantitative estimate of drug-likeness (QED) is 0.630. The minimum absolute atomic E-state index is 0.0282. The summed E-state index contributed by atoms with van der Waals surface area (Å²) < 4.78 is 1.77. The van der Waals surface area contributed by atoms with Gasteiger partial charge in [0.05, 0.1) is 0 Å². The Morgan fingerprint density at radius 3 is 2.85 bits per heavy atom. The van der Waals surface area contributed by atoms with E-state index in [1.54, 1.807) is 17.2 Å². The number of terminal acetylenes is 1. The molecule has 5 heteroatoms. The van der Waals surface area contributed by atoms with E-state index in [-0.39, 0.29) is 6.04 Å². The minimum Gasteiger partial charge on any atom is -0.341 e. The fourth-order valence-corrected chi connectivity index (χ4v) is 0.944. The Kier molecular flexibility index (Phi) is 3.03. The number of nitrogens with one attached hydrogen (secondary N) is 1. The third-order valence-electron chi connectivity index (χ3n) is 1.46. The van der Waals surface area contributed by atoms with E-state index in [4.69, 9.17) is 6.42 Å². The van der Waals surface area contributed by atoms with Gasteiger partial charge in [0.15, 0.2) is 0 Å². The topological polar surface area (TPSA) is 59.8 Å². The molecule has 1 heterocycles. The molecule has 0 saturated carbocycles. The molecule has 68 valence electrons. The van der Waals surface area contributed by atoms with Crippen LogP contribution in [0.1, 0.15) is 6.92 Å². The predicted molar refractivity (Wildman–Crippen MR) is 46.5 cm³/mol. The van der Waals surface area contributed by atoms with Crippen LogP contribution in [-0.2, 0) is 11.3 Å². The molecule has 0 aromatic carbocycles. The van der Waals surface area contributed by atoms with Crippen LogP contribution in [0, 0.1) is 12.3 Å². The fraction of sp³-hybridized carbons (Fsp3) is 0.375. The summed E-state index contributed by atoms with van der Waals surface area (Å²) in [6, 6.07) is -0.0282. The summed E-state index contributed by atoms with van der Waals surface area (Å²) in [5.74, 6) is 1.58. The van der Waals surface area contributed by atoms with Gasteiger partial charge in [-0.2, -0.15) is 0 Å². The molecule has 0 fully saturated rings. The molecule has 0 aliphatic rings. The Morgan fingerprint density at radius 1 is 1.69 bits per heavy atom. The molecule has 1 aromatic rings. The lowest BCUT2D eigenvalue weighted by Gasteiger charge is -2.11. The highest BCUT2D eigenvalue weighted by Gasteiger charge is 2.04. The maximum absolute atomic E-state index is 10.8. The SMILES string of the molecule is C#CC(=O)NC(C)Cn1cnnc1. The second-order valence-electron chi connectivity index (χ2n) is 2.68. The Bertz CT molecular complexity index is 311. The Morgan fingerprint density at radius 2 is 2.31 bits per heavy atom. The van der Waals surface area contributed by atoms with Crippen molar-refractivity contribution in [3.05, 3.63) is 12.7 Å². The number of hydrogen-bond acceptors (Lipinski definition) is 3. The van der Waals surface area contributed by atoms with Crippen LogP contribution in [0.25, 0.3) is 0 Å². The first-order valence-electron chi connectivity index (χ1n) is 3.82. The van der Waals surface area contributed by atoms with Crippen LogP contribution in [0.5, 0.6) is 0 Å². The Hall–Kier alpha value is -1.83. The monoisotopic (exact) mass is 178 g/mol. The van der Waals surface area contributed by atoms with Crippen molar-refractivity contribution in [1.29, 1.82) is 0 Å². The molecule has 1 rings (SSSR count). The van der Waals surface area contributed by atoms with Gasteiger partial charge >= 0.3 is 0 Å². The highest BCUT2D eigenvalue weighted by Crippen LogP contribution is 1.88. The van der Waals surface area contributed by atoms with Gasteiger partial charge in [-0.25, -0.2) is 0 Å². The van der Waals surface area contributed by atoms with Crippen LogP contribution in [0.3, 0.4) is 0 Å². The van der Waals surface area contributed by atoms with Crippen molar-refractivity contribution in [3.63, 3.8) is 0 Å². The van der Waals surface area contributed by atoms with Crippen LogP contribution < -0.4 is 5.32 Å². The second-order valence-corrected chi connectivity index (χ2v) is 2.68. The average molecular weight is 178 g/mol. The van der Waals surface area contributed by atoms with Gasteiger partial charge in [0, 0.05) is 12.6 Å². The highest BCUT2D eigenvalue weighted by molar-refractivity contribution is 5.92. The van der Waals surface area contributed by atoms with Crippen molar-refractivity contribution < 1.29 is 4.79 Å². The summed E-state index contributed by atoms with van der Waals surface area (Å²) in [7, 11) is 0. The molecular formula is C8H10N4O. The van der Waals surface area contributed by atoms with Gasteiger partial charge in [-0.05, 0) is 12.8 Å². The first-order chi connectivity index (χ1) is 6.22. The van der Waals surface area contributed by atoms with Gasteiger partial charge < -0.3 is 9.88 Å². The lowest BCUT2D eigenvalue weighted by Crippen LogP contribution is -2.34. The number of nitrogens with zero attached hydrogens (tertiary/aromatic N) is 3. The number of hydrogen-bond donors (Lipinski definition) is 1. The van der Waals surface area contributed by atoms with Crippen LogP contribution in [0.2, 0.25) is 0 Å². The van der Waals surface area contributed by atoms with Crippen LogP contribution in [0.15, 0.2) is 12.7 Å². The zero-order chi connectivity index (χ0) is 9.68. The van der Waals surface area contributed by atoms with Crippen molar-refractivity contribution in [2.24, 2.45) is 0 Å². The zero-order valence-electron chi connectivity index (χ0n) is 7.27. The smallest absolute Gasteiger partial charge is 0.295 e. The van der Waals surface area contributed by atoms with Crippen molar-refractivity contribution in [2.75, 3.05) is 0 Å². The Balaban J connectivity index is 2.39. The molecule has 0 saturated heterocycles. The molecule has 1 N–H and O–H groups in total. The van der Waals surface area contributed by atoms with E-state index in [0.717, 1.165) is 0 Å². The molecular weight excluding hydrogens is 168 g/mol. The predicted octanol–water partition coefficient (Wildman–Crippen LogP) is -0.584. The lowest BCUT2D eigenvalue weighted by atomic mass is 10.3. The van der Waals surface area contributed by atoms with Crippen LogP contribution in [-0.4, -0.2) is 26.7 Å². The molecule has 5 nitrogen and oxygen atoms in total. The molecule has 1 amide bonds. The maximum atomic E-state index is 10.8. The molecule has 0 bridgehead atoms. The number of aromatic nitrogens is 3. The number of carbonyl (C=O) groups excluding carboxylic acids is 1. The number of amides is 1. The van der Waals surface area contributed by atoms with Crippen molar-refractivity contribution in [1.82, 2.24) is 20.1 Å². The van der Waals surface area contributed by atoms with Gasteiger partial charge in [-0.3, -0.25) is 4.79 Å². The number of carbonyl (C=O) groups is 1. The van der Waals surface area contributed by atoms with E-state index < -0.39 is 5.91 Å². The zero-order valence-corrected chi connectivity index (χ0v) is 7.27. The van der Waals surface area contributed by atoms with E-state index >= 15 is 0 Å². The summed E-state index contributed by atoms with van der Waals surface area (Å²) >= 11 is 0. The second kappa shape index (κ2) is 4.26. The Labute approximate surface area is 76.2 Å². The largest absolute Gasteiger partial charge is 0.341 e. The first-order valence-corrected chi connectivity index (χ1v) is 3.82. The molecule has 1 atom stereocenters. The third-order valence-corrected chi connectivity index (χ3v) is 1.46. The summed E-state index contributed by atoms with van der Waals surface area (Å²) in [4.78, 5) is 10.8. The minimum atomic E-state index is -0.402. The lowest BCUT2D eigenvalue weighted by molar-refractivity contribution is -0.116. The molecule has 0 aliphatic heterocycles. The molecule has 0 aliphatic carbocycles. The summed E-state index contributed by atoms with van der Waals surface area (Å²) in [5.41, 5.74) is 0. The van der Waals surface area contributed by atoms with Crippen molar-refractivity contribution >= 4 is 5.91 Å². The molecule has 0 spiro atoms. The van der Waals surface area contributed by atoms with Gasteiger partial charge in [-0.15, -0.1) is 16.6 Å². The third kappa shape index (κ3) is 2.95. The van der Waals surface area contributed by atoms with Gasteiger partial charge in [0.2, 0.25) is 0 Å². The van der Waals surface area contributed by atoms with E-state index in [1.807, 2.05) is 12.8 Å². The molecule has 1 aromatic heterocycles. The van der Waals surface area contributed by atoms with E-state index in [0.29, 0.717) is 6.54 Å². The summed E-state index contributed by atoms with van der Waals surface area (Å²) in [5, 5.41) is 9.89. The molecule has 13 heavy (non-hydrogen) atoms. The van der Waals surface area contributed by atoms with Crippen LogP contribution in [0.4, 0.5) is 0 Å². The standard InChI is InChI=1S/C8H10N4O/c1-3-8(13)11-7(2)4-12-5-9-10-6-12/h1,5-7H,4H2,2H3,(H,11,13). The van der Waals surface area contributed by atoms with Crippen molar-refractivity contribution in [2.45, 2.75) is 19.5 Å². The van der Waals surface area contributed by atoms with Crippen LogP contribution >= 0.6 is 0 Å². The van der Waals surface area contributed by atoms with E-state index in [1.165, 1.54) is 0 Å². The molecule has 0 radical (unpaired) electrons. The van der Waals surface area contributed by atoms with E-state index in [9.17, 15) is 4.79 Å².